The molecule has 1 aliphatic heterocycles. The first-order valence-corrected chi connectivity index (χ1v) is 8.84. The van der Waals surface area contributed by atoms with Crippen molar-refractivity contribution in [2.24, 2.45) is 0 Å². The Morgan fingerprint density at radius 2 is 1.96 bits per heavy atom. The molecule has 0 bridgehead atoms. The second kappa shape index (κ2) is 7.74. The maximum absolute atomic E-state index is 13.5. The van der Waals surface area contributed by atoms with Crippen LogP contribution in [0, 0.1) is 11.6 Å². The summed E-state index contributed by atoms with van der Waals surface area (Å²) in [6, 6.07) is 1.85. The average Bonchev–Trinajstić information content (AvgIpc) is 2.98. The number of benzene rings is 1. The van der Waals surface area contributed by atoms with Gasteiger partial charge in [-0.2, -0.15) is 4.72 Å². The van der Waals surface area contributed by atoms with Crippen LogP contribution in [0.1, 0.15) is 6.92 Å². The first-order valence-electron chi connectivity index (χ1n) is 7.36. The minimum Gasteiger partial charge on any atom is -0.452 e. The van der Waals surface area contributed by atoms with Crippen molar-refractivity contribution in [3.8, 4) is 0 Å². The number of imide groups is 1. The smallest absolute Gasteiger partial charge is 0.324 e. The lowest BCUT2D eigenvalue weighted by atomic mass is 10.3. The van der Waals surface area contributed by atoms with Crippen molar-refractivity contribution < 1.29 is 36.3 Å². The number of nitrogens with one attached hydrogen (secondary N) is 2. The molecule has 2 rings (SSSR count). The summed E-state index contributed by atoms with van der Waals surface area (Å²) < 4.78 is 57.3. The van der Waals surface area contributed by atoms with Crippen molar-refractivity contribution in [1.82, 2.24) is 14.9 Å². The van der Waals surface area contributed by atoms with E-state index in [1.54, 1.807) is 4.72 Å². The normalized spacial score (nSPS) is 15.5. The van der Waals surface area contributed by atoms with Gasteiger partial charge in [0.25, 0.3) is 5.91 Å². The fraction of sp³-hybridized carbons (Fsp3) is 0.357. The van der Waals surface area contributed by atoms with Gasteiger partial charge in [-0.15, -0.1) is 0 Å². The molecule has 0 aromatic heterocycles. The summed E-state index contributed by atoms with van der Waals surface area (Å²) in [4.78, 5) is 34.6. The second-order valence-corrected chi connectivity index (χ2v) is 6.93. The Morgan fingerprint density at radius 3 is 2.50 bits per heavy atom. The lowest BCUT2D eigenvalue weighted by molar-refractivity contribution is -0.156. The lowest BCUT2D eigenvalue weighted by Gasteiger charge is -2.18. The van der Waals surface area contributed by atoms with E-state index in [1.165, 1.54) is 6.92 Å². The van der Waals surface area contributed by atoms with Gasteiger partial charge in [-0.1, -0.05) is 6.07 Å². The standard InChI is InChI=1S/C14H15F2N3O6S/c1-8(13(21)19-6-5-17-14(19)22)25-11(20)7-18-26(23,24)12-9(15)3-2-4-10(12)16/h2-4,8,18H,5-7H2,1H3,(H,17,22)/t8-/m0/s1. The molecule has 1 fully saturated rings. The van der Waals surface area contributed by atoms with Crippen LogP contribution in [0.2, 0.25) is 0 Å². The molecule has 0 spiro atoms. The summed E-state index contributed by atoms with van der Waals surface area (Å²) in [7, 11) is -4.66. The summed E-state index contributed by atoms with van der Waals surface area (Å²) >= 11 is 0. The monoisotopic (exact) mass is 391 g/mol. The van der Waals surface area contributed by atoms with Crippen LogP contribution in [0.25, 0.3) is 0 Å². The van der Waals surface area contributed by atoms with Crippen LogP contribution in [0.4, 0.5) is 13.6 Å². The van der Waals surface area contributed by atoms with E-state index in [1.807, 2.05) is 0 Å². The third-order valence-corrected chi connectivity index (χ3v) is 4.82. The molecule has 0 aliphatic carbocycles. The Morgan fingerprint density at radius 1 is 1.35 bits per heavy atom. The highest BCUT2D eigenvalue weighted by atomic mass is 32.2. The summed E-state index contributed by atoms with van der Waals surface area (Å²) in [6.07, 6.45) is -1.35. The van der Waals surface area contributed by atoms with E-state index in [4.69, 9.17) is 4.74 Å². The zero-order chi connectivity index (χ0) is 19.5. The van der Waals surface area contributed by atoms with Gasteiger partial charge in [0.1, 0.15) is 18.2 Å². The van der Waals surface area contributed by atoms with Crippen LogP contribution >= 0.6 is 0 Å². The van der Waals surface area contributed by atoms with Crippen LogP contribution in [0.15, 0.2) is 23.1 Å². The Hall–Kier alpha value is -2.60. The number of ether oxygens (including phenoxy) is 1. The first kappa shape index (κ1) is 19.7. The molecule has 9 nitrogen and oxygen atoms in total. The van der Waals surface area contributed by atoms with Gasteiger partial charge in [0, 0.05) is 13.1 Å². The van der Waals surface area contributed by atoms with Gasteiger partial charge in [-0.3, -0.25) is 14.5 Å². The highest BCUT2D eigenvalue weighted by molar-refractivity contribution is 7.89. The molecule has 3 amide bonds. The van der Waals surface area contributed by atoms with Gasteiger partial charge in [-0.25, -0.2) is 22.0 Å². The number of halogens is 2. The zero-order valence-electron chi connectivity index (χ0n) is 13.5. The molecule has 0 unspecified atom stereocenters. The zero-order valence-corrected chi connectivity index (χ0v) is 14.3. The molecule has 2 N–H and O–H groups in total. The predicted molar refractivity (Wildman–Crippen MR) is 82.2 cm³/mol. The maximum atomic E-state index is 13.5. The van der Waals surface area contributed by atoms with E-state index in [0.717, 1.165) is 23.1 Å². The number of nitrogens with zero attached hydrogens (tertiary/aromatic N) is 1. The minimum absolute atomic E-state index is 0.110. The molecular weight excluding hydrogens is 376 g/mol. The maximum Gasteiger partial charge on any atom is 0.324 e. The topological polar surface area (TPSA) is 122 Å². The van der Waals surface area contributed by atoms with Crippen molar-refractivity contribution in [2.75, 3.05) is 19.6 Å². The number of esters is 1. The van der Waals surface area contributed by atoms with Gasteiger partial charge in [0.2, 0.25) is 10.0 Å². The molecule has 142 valence electrons. The van der Waals surface area contributed by atoms with Crippen LogP contribution in [0.5, 0.6) is 0 Å². The van der Waals surface area contributed by atoms with Gasteiger partial charge in [-0.05, 0) is 19.1 Å². The molecular formula is C14H15F2N3O6S. The summed E-state index contributed by atoms with van der Waals surface area (Å²) in [5, 5.41) is 2.40. The summed E-state index contributed by atoms with van der Waals surface area (Å²) in [6.45, 7) is 0.620. The number of amides is 3. The van der Waals surface area contributed by atoms with Crippen LogP contribution in [-0.2, 0) is 24.3 Å². The van der Waals surface area contributed by atoms with E-state index < -0.39 is 57.1 Å². The van der Waals surface area contributed by atoms with E-state index in [0.29, 0.717) is 0 Å². The number of rotatable bonds is 6. The van der Waals surface area contributed by atoms with Crippen molar-refractivity contribution in [3.05, 3.63) is 29.8 Å². The first-order chi connectivity index (χ1) is 12.1. The third kappa shape index (κ3) is 4.32. The summed E-state index contributed by atoms with van der Waals surface area (Å²) in [5.41, 5.74) is 0. The molecule has 1 aromatic rings. The average molecular weight is 391 g/mol. The van der Waals surface area contributed by atoms with Gasteiger partial charge in [0.15, 0.2) is 11.0 Å². The number of hydrogen-bond acceptors (Lipinski definition) is 6. The Bertz CT molecular complexity index is 825. The molecule has 1 aliphatic rings. The number of carbonyl (C=O) groups excluding carboxylic acids is 3. The number of urea groups is 1. The largest absolute Gasteiger partial charge is 0.452 e. The number of sulfonamides is 1. The molecule has 1 aromatic carbocycles. The Labute approximate surface area is 147 Å². The molecule has 1 atom stereocenters. The Kier molecular flexibility index (Phi) is 5.87. The molecule has 26 heavy (non-hydrogen) atoms. The molecule has 1 heterocycles. The van der Waals surface area contributed by atoms with Gasteiger partial charge in [0.05, 0.1) is 0 Å². The minimum atomic E-state index is -4.66. The van der Waals surface area contributed by atoms with Crippen LogP contribution in [0.3, 0.4) is 0 Å². The highest BCUT2D eigenvalue weighted by Gasteiger charge is 2.32. The van der Waals surface area contributed by atoms with E-state index in [2.05, 4.69) is 5.32 Å². The fourth-order valence-corrected chi connectivity index (χ4v) is 3.26. The van der Waals surface area contributed by atoms with Gasteiger partial charge < -0.3 is 10.1 Å². The van der Waals surface area contributed by atoms with E-state index in [-0.39, 0.29) is 13.1 Å². The van der Waals surface area contributed by atoms with Crippen molar-refractivity contribution >= 4 is 27.9 Å². The lowest BCUT2D eigenvalue weighted by Crippen LogP contribution is -2.43. The van der Waals surface area contributed by atoms with Crippen LogP contribution < -0.4 is 10.0 Å². The number of carbonyl (C=O) groups is 3. The van der Waals surface area contributed by atoms with E-state index in [9.17, 15) is 31.6 Å². The van der Waals surface area contributed by atoms with Crippen molar-refractivity contribution in [2.45, 2.75) is 17.9 Å². The predicted octanol–water partition coefficient (Wildman–Crippen LogP) is -0.273. The Balaban J connectivity index is 1.96. The quantitative estimate of drug-likeness (QED) is 0.644. The second-order valence-electron chi connectivity index (χ2n) is 5.23. The SMILES string of the molecule is C[C@H](OC(=O)CNS(=O)(=O)c1c(F)cccc1F)C(=O)N1CCNC1=O. The van der Waals surface area contributed by atoms with Crippen molar-refractivity contribution in [3.63, 3.8) is 0 Å². The number of hydrogen-bond donors (Lipinski definition) is 2. The van der Waals surface area contributed by atoms with Crippen LogP contribution in [-0.4, -0.2) is 57.0 Å². The highest BCUT2D eigenvalue weighted by Crippen LogP contribution is 2.17. The van der Waals surface area contributed by atoms with Crippen molar-refractivity contribution in [1.29, 1.82) is 0 Å². The molecule has 1 saturated heterocycles. The third-order valence-electron chi connectivity index (χ3n) is 3.37. The fourth-order valence-electron chi connectivity index (χ4n) is 2.16. The molecule has 0 saturated carbocycles. The summed E-state index contributed by atoms with van der Waals surface area (Å²) in [5.74, 6) is -4.59. The molecule has 12 heteroatoms. The van der Waals surface area contributed by atoms with E-state index >= 15 is 0 Å². The van der Waals surface area contributed by atoms with Gasteiger partial charge >= 0.3 is 12.0 Å². The molecule has 0 radical (unpaired) electrons.